The lowest BCUT2D eigenvalue weighted by Crippen LogP contribution is -2.31. The second-order valence-electron chi connectivity index (χ2n) is 4.41. The van der Waals surface area contributed by atoms with E-state index in [1.807, 2.05) is 0 Å². The Balaban J connectivity index is 2.06. The molecule has 2 atom stereocenters. The molecule has 0 fully saturated rings. The summed E-state index contributed by atoms with van der Waals surface area (Å²) in [4.78, 5) is 14.8. The fourth-order valence-corrected chi connectivity index (χ4v) is 1.92. The average molecular weight is 284 g/mol. The molecular formula is C12H16N2O6. The van der Waals surface area contributed by atoms with Gasteiger partial charge in [0.05, 0.1) is 0 Å². The zero-order valence-electron chi connectivity index (χ0n) is 10.7. The predicted molar refractivity (Wildman–Crippen MR) is 68.1 cm³/mol. The van der Waals surface area contributed by atoms with E-state index in [2.05, 4.69) is 4.84 Å². The number of nitrogens with zero attached hydrogens (tertiary/aromatic N) is 1. The van der Waals surface area contributed by atoms with Crippen LogP contribution in [-0.2, 0) is 11.3 Å². The molecule has 1 heterocycles. The van der Waals surface area contributed by atoms with E-state index in [-0.39, 0.29) is 19.8 Å². The topological polar surface area (TPSA) is 117 Å². The van der Waals surface area contributed by atoms with Gasteiger partial charge in [-0.25, -0.2) is 0 Å². The van der Waals surface area contributed by atoms with E-state index < -0.39 is 17.3 Å². The molecular weight excluding hydrogens is 268 g/mol. The Morgan fingerprint density at radius 3 is 3.10 bits per heavy atom. The summed E-state index contributed by atoms with van der Waals surface area (Å²) in [7, 11) is 0. The Bertz CT molecular complexity index is 481. The molecule has 0 saturated heterocycles. The maximum atomic E-state index is 10.3. The molecule has 3 N–H and O–H groups in total. The van der Waals surface area contributed by atoms with Crippen LogP contribution in [0.4, 0.5) is 0 Å². The summed E-state index contributed by atoms with van der Waals surface area (Å²) in [5, 5.41) is 18.9. The molecule has 0 aliphatic carbocycles. The summed E-state index contributed by atoms with van der Waals surface area (Å²) in [5.41, 5.74) is 6.06. The van der Waals surface area contributed by atoms with Crippen LogP contribution >= 0.6 is 0 Å². The van der Waals surface area contributed by atoms with E-state index in [0.717, 1.165) is 5.56 Å². The van der Waals surface area contributed by atoms with Crippen molar-refractivity contribution >= 4 is 0 Å². The molecule has 1 aromatic rings. The Kier molecular flexibility index (Phi) is 4.59. The number of rotatable bonds is 6. The van der Waals surface area contributed by atoms with Gasteiger partial charge in [0.2, 0.25) is 0 Å². The second-order valence-corrected chi connectivity index (χ2v) is 4.41. The molecule has 2 rings (SSSR count). The number of benzene rings is 1. The minimum Gasteiger partial charge on any atom is -0.487 e. The molecule has 1 aliphatic heterocycles. The van der Waals surface area contributed by atoms with Crippen LogP contribution in [0.3, 0.4) is 0 Å². The summed E-state index contributed by atoms with van der Waals surface area (Å²) in [6.07, 6.45) is -1.00. The van der Waals surface area contributed by atoms with Crippen LogP contribution in [0.2, 0.25) is 0 Å². The zero-order valence-corrected chi connectivity index (χ0v) is 10.7. The Labute approximate surface area is 115 Å². The van der Waals surface area contributed by atoms with Crippen LogP contribution in [-0.4, -0.2) is 42.2 Å². The van der Waals surface area contributed by atoms with Gasteiger partial charge >= 0.3 is 0 Å². The Morgan fingerprint density at radius 2 is 2.40 bits per heavy atom. The van der Waals surface area contributed by atoms with Crippen molar-refractivity contribution in [3.05, 3.63) is 33.9 Å². The highest BCUT2D eigenvalue weighted by atomic mass is 17.0. The monoisotopic (exact) mass is 284 g/mol. The summed E-state index contributed by atoms with van der Waals surface area (Å²) in [5.74, 6) is 1.01. The number of fused-ring (bicyclic) bond motifs is 1. The van der Waals surface area contributed by atoms with Crippen LogP contribution < -0.4 is 15.2 Å². The average Bonchev–Trinajstić information content (AvgIpc) is 2.43. The molecule has 0 bridgehead atoms. The van der Waals surface area contributed by atoms with Gasteiger partial charge < -0.3 is 25.2 Å². The second kappa shape index (κ2) is 6.40. The molecule has 1 aliphatic rings. The first kappa shape index (κ1) is 14.4. The molecule has 8 heteroatoms. The smallest absolute Gasteiger partial charge is 0.294 e. The quantitative estimate of drug-likeness (QED) is 0.553. The number of ether oxygens (including phenoxy) is 2. The van der Waals surface area contributed by atoms with E-state index in [0.29, 0.717) is 17.9 Å². The summed E-state index contributed by atoms with van der Waals surface area (Å²) < 4.78 is 10.9. The highest BCUT2D eigenvalue weighted by molar-refractivity contribution is 5.48. The fourth-order valence-electron chi connectivity index (χ4n) is 1.92. The maximum absolute atomic E-state index is 10.3. The van der Waals surface area contributed by atoms with Crippen molar-refractivity contribution in [1.29, 1.82) is 0 Å². The van der Waals surface area contributed by atoms with E-state index in [4.69, 9.17) is 15.2 Å². The van der Waals surface area contributed by atoms with E-state index >= 15 is 0 Å². The molecule has 0 saturated carbocycles. The molecule has 0 amide bonds. The summed E-state index contributed by atoms with van der Waals surface area (Å²) >= 11 is 0. The molecule has 1 aromatic carbocycles. The molecule has 0 radical (unpaired) electrons. The number of hydrogen-bond donors (Lipinski definition) is 2. The van der Waals surface area contributed by atoms with E-state index in [1.54, 1.807) is 18.2 Å². The number of nitrogens with two attached hydrogens (primary N) is 1. The van der Waals surface area contributed by atoms with Crippen molar-refractivity contribution < 1.29 is 24.5 Å². The van der Waals surface area contributed by atoms with E-state index in [9.17, 15) is 15.2 Å². The highest BCUT2D eigenvalue weighted by Crippen LogP contribution is 2.35. The number of aliphatic hydroxyl groups is 1. The third-order valence-electron chi connectivity index (χ3n) is 2.86. The van der Waals surface area contributed by atoms with Crippen LogP contribution in [0, 0.1) is 10.1 Å². The SMILES string of the molecule is NCC(O)COc1cccc2c1OCC(O[N+](=O)[O-])C2. The van der Waals surface area contributed by atoms with Crippen LogP contribution in [0.5, 0.6) is 11.5 Å². The normalized spacial score (nSPS) is 18.6. The van der Waals surface area contributed by atoms with Crippen molar-refractivity contribution in [2.24, 2.45) is 5.73 Å². The lowest BCUT2D eigenvalue weighted by atomic mass is 10.0. The van der Waals surface area contributed by atoms with Crippen LogP contribution in [0.15, 0.2) is 18.2 Å². The minimum atomic E-state index is -0.822. The fraction of sp³-hybridized carbons (Fsp3) is 0.500. The molecule has 20 heavy (non-hydrogen) atoms. The summed E-state index contributed by atoms with van der Waals surface area (Å²) in [6, 6.07) is 5.24. The predicted octanol–water partition coefficient (Wildman–Crippen LogP) is -0.103. The number of hydrogen-bond acceptors (Lipinski definition) is 7. The Hall–Kier alpha value is -2.06. The third-order valence-corrected chi connectivity index (χ3v) is 2.86. The van der Waals surface area contributed by atoms with Gasteiger partial charge in [0, 0.05) is 18.5 Å². The standard InChI is InChI=1S/C12H16N2O6/c13-5-9(15)6-18-11-3-1-2-8-4-10(20-14(16)17)7-19-12(8)11/h1-3,9-10,15H,4-7,13H2. The Morgan fingerprint density at radius 1 is 1.60 bits per heavy atom. The van der Waals surface area contributed by atoms with Crippen LogP contribution in [0.25, 0.3) is 0 Å². The van der Waals surface area contributed by atoms with Crippen molar-refractivity contribution in [2.75, 3.05) is 19.8 Å². The lowest BCUT2D eigenvalue weighted by Gasteiger charge is -2.25. The first-order chi connectivity index (χ1) is 9.60. The van der Waals surface area contributed by atoms with Gasteiger partial charge in [-0.05, 0) is 6.07 Å². The van der Waals surface area contributed by atoms with Gasteiger partial charge in [0.1, 0.15) is 25.4 Å². The van der Waals surface area contributed by atoms with Gasteiger partial charge in [-0.2, -0.15) is 0 Å². The molecule has 8 nitrogen and oxygen atoms in total. The van der Waals surface area contributed by atoms with E-state index in [1.165, 1.54) is 0 Å². The first-order valence-electron chi connectivity index (χ1n) is 6.17. The third kappa shape index (κ3) is 3.49. The molecule has 2 unspecified atom stereocenters. The van der Waals surface area contributed by atoms with Gasteiger partial charge in [0.15, 0.2) is 11.5 Å². The van der Waals surface area contributed by atoms with Crippen molar-refractivity contribution in [1.82, 2.24) is 0 Å². The van der Waals surface area contributed by atoms with Crippen molar-refractivity contribution in [3.63, 3.8) is 0 Å². The minimum absolute atomic E-state index is 0.0607. The number of aliphatic hydroxyl groups excluding tert-OH is 1. The highest BCUT2D eigenvalue weighted by Gasteiger charge is 2.25. The van der Waals surface area contributed by atoms with Gasteiger partial charge in [0.25, 0.3) is 5.09 Å². The summed E-state index contributed by atoms with van der Waals surface area (Å²) in [6.45, 7) is 0.244. The first-order valence-corrected chi connectivity index (χ1v) is 6.17. The van der Waals surface area contributed by atoms with Gasteiger partial charge in [-0.15, -0.1) is 10.1 Å². The van der Waals surface area contributed by atoms with Crippen LogP contribution in [0.1, 0.15) is 5.56 Å². The lowest BCUT2D eigenvalue weighted by molar-refractivity contribution is -0.769. The molecule has 0 spiro atoms. The molecule has 0 aromatic heterocycles. The maximum Gasteiger partial charge on any atom is 0.294 e. The van der Waals surface area contributed by atoms with Gasteiger partial charge in [-0.3, -0.25) is 0 Å². The number of para-hydroxylation sites is 1. The zero-order chi connectivity index (χ0) is 14.5. The largest absolute Gasteiger partial charge is 0.487 e. The van der Waals surface area contributed by atoms with Gasteiger partial charge in [-0.1, -0.05) is 12.1 Å². The molecule has 110 valence electrons. The van der Waals surface area contributed by atoms with Crippen molar-refractivity contribution in [2.45, 2.75) is 18.6 Å². The van der Waals surface area contributed by atoms with Crippen molar-refractivity contribution in [3.8, 4) is 11.5 Å².